The van der Waals surface area contributed by atoms with Crippen molar-refractivity contribution in [2.24, 2.45) is 0 Å². The molecule has 0 aromatic heterocycles. The van der Waals surface area contributed by atoms with Crippen molar-refractivity contribution in [3.8, 4) is 0 Å². The fourth-order valence-electron chi connectivity index (χ4n) is 5.11. The summed E-state index contributed by atoms with van der Waals surface area (Å²) in [5.41, 5.74) is 1.75. The molecule has 48 heavy (non-hydrogen) atoms. The highest BCUT2D eigenvalue weighted by molar-refractivity contribution is 8.93. The molecule has 0 amide bonds. The molecule has 294 valence electrons. The van der Waals surface area contributed by atoms with Gasteiger partial charge in [-0.25, -0.2) is 0 Å². The monoisotopic (exact) mass is 1280 g/mol. The molecular weight excluding hydrogens is 1230 g/mol. The summed E-state index contributed by atoms with van der Waals surface area (Å²) in [6, 6.07) is 0. The Morgan fingerprint density at radius 2 is 0.625 bits per heavy atom. The highest BCUT2D eigenvalue weighted by atomic mass is 79.9. The summed E-state index contributed by atoms with van der Waals surface area (Å²) in [5, 5.41) is 23.2. The zero-order chi connectivity index (χ0) is 28.4. The number of halogens is 12. The van der Waals surface area contributed by atoms with Crippen molar-refractivity contribution in [1.29, 1.82) is 0 Å². The van der Waals surface area contributed by atoms with Gasteiger partial charge in [-0.1, -0.05) is 46.4 Å². The van der Waals surface area contributed by atoms with Gasteiger partial charge in [0.2, 0.25) is 0 Å². The van der Waals surface area contributed by atoms with Gasteiger partial charge in [0.25, 0.3) is 0 Å². The molecule has 0 bridgehead atoms. The Hall–Kier alpha value is 3.90. The van der Waals surface area contributed by atoms with Gasteiger partial charge in [-0.15, -0.1) is 136 Å². The maximum atomic E-state index is 7.12. The van der Waals surface area contributed by atoms with Gasteiger partial charge in [-0.3, -0.25) is 9.80 Å². The molecule has 6 N–H and O–H groups in total. The van der Waals surface area contributed by atoms with E-state index in [1.54, 1.807) is 0 Å². The molecule has 8 nitrogen and oxygen atoms in total. The molecule has 0 aliphatic carbocycles. The molecule has 2 saturated heterocycles. The van der Waals surface area contributed by atoms with Gasteiger partial charge in [0.15, 0.2) is 0 Å². The van der Waals surface area contributed by atoms with Crippen LogP contribution in [-0.2, 0) is 13.1 Å². The van der Waals surface area contributed by atoms with Crippen LogP contribution < -0.4 is 31.9 Å². The van der Waals surface area contributed by atoms with Crippen molar-refractivity contribution >= 4 is 182 Å². The van der Waals surface area contributed by atoms with Crippen LogP contribution in [0.3, 0.4) is 0 Å². The van der Waals surface area contributed by atoms with Crippen LogP contribution in [0.15, 0.2) is 0 Å². The van der Waals surface area contributed by atoms with E-state index in [4.69, 9.17) is 46.4 Å². The third-order valence-corrected chi connectivity index (χ3v) is 9.31. The number of benzene rings is 1. The Balaban J connectivity index is -0.000000551. The lowest BCUT2D eigenvalue weighted by atomic mass is 10.1. The lowest BCUT2D eigenvalue weighted by Gasteiger charge is -2.28. The first-order valence-electron chi connectivity index (χ1n) is 15.1. The SMILES string of the molecule is Br.Br.Br.Br.Br.Br.Br.Br.Clc1c(Cl)c(CN2CCCNCCNCCCNCC2)c(Cl)c(CN2CCCNCCNCCCNCC2)c1Cl. The van der Waals surface area contributed by atoms with Crippen LogP contribution >= 0.6 is 182 Å². The van der Waals surface area contributed by atoms with Crippen LogP contribution in [0.25, 0.3) is 0 Å². The summed E-state index contributed by atoms with van der Waals surface area (Å²) in [6.45, 7) is 16.9. The fourth-order valence-corrected chi connectivity index (χ4v) is 6.29. The molecule has 2 aliphatic rings. The first kappa shape index (κ1) is 63.8. The molecule has 0 saturated carbocycles. The number of hydrogen-bond donors (Lipinski definition) is 6. The Kier molecular flexibility index (Phi) is 53.9. The summed E-state index contributed by atoms with van der Waals surface area (Å²) < 4.78 is 0. The van der Waals surface area contributed by atoms with E-state index >= 15 is 0 Å². The van der Waals surface area contributed by atoms with Crippen molar-refractivity contribution in [1.82, 2.24) is 41.7 Å². The molecule has 2 fully saturated rings. The van der Waals surface area contributed by atoms with E-state index in [9.17, 15) is 0 Å². The van der Waals surface area contributed by atoms with Gasteiger partial charge >= 0.3 is 0 Å². The van der Waals surface area contributed by atoms with Gasteiger partial charge in [0.1, 0.15) is 0 Å². The van der Waals surface area contributed by atoms with E-state index in [0.29, 0.717) is 33.2 Å². The summed E-state index contributed by atoms with van der Waals surface area (Å²) >= 11 is 27.5. The highest BCUT2D eigenvalue weighted by Crippen LogP contribution is 2.42. The van der Waals surface area contributed by atoms with Crippen LogP contribution in [0.4, 0.5) is 0 Å². The highest BCUT2D eigenvalue weighted by Gasteiger charge is 2.23. The molecule has 1 aromatic rings. The number of hydrogen-bond acceptors (Lipinski definition) is 8. The molecule has 3 rings (SSSR count). The van der Waals surface area contributed by atoms with E-state index in [-0.39, 0.29) is 136 Å². The second-order valence-corrected chi connectivity index (χ2v) is 12.2. The minimum absolute atomic E-state index is 0. The molecule has 0 radical (unpaired) electrons. The Morgan fingerprint density at radius 1 is 0.333 bits per heavy atom. The molecule has 0 atom stereocenters. The normalized spacial score (nSPS) is 18.2. The molecule has 20 heteroatoms. The van der Waals surface area contributed by atoms with Crippen LogP contribution in [0.5, 0.6) is 0 Å². The lowest BCUT2D eigenvalue weighted by molar-refractivity contribution is 0.256. The van der Waals surface area contributed by atoms with Crippen molar-refractivity contribution in [2.45, 2.75) is 38.8 Å². The number of nitrogens with one attached hydrogen (secondary N) is 6. The van der Waals surface area contributed by atoms with Crippen LogP contribution in [0.1, 0.15) is 36.8 Å². The van der Waals surface area contributed by atoms with E-state index < -0.39 is 0 Å². The molecule has 0 spiro atoms. The first-order chi connectivity index (χ1) is 19.6. The minimum atomic E-state index is 0. The lowest BCUT2D eigenvalue weighted by Crippen LogP contribution is -2.37. The van der Waals surface area contributed by atoms with Gasteiger partial charge in [-0.05, 0) is 78.0 Å². The standard InChI is InChI=1S/C28H50Cl4N8.8BrH/c29-25-23(21-39-17-3-9-35-13-11-33-5-1-7-37-15-19-39)26(30)28(32)27(31)24(25)22-40-18-4-10-36-14-12-34-6-2-8-38-16-20-40;;;;;;;;/h33-38H,1-22H2;8*1H. The minimum Gasteiger partial charge on any atom is -0.315 e. The first-order valence-corrected chi connectivity index (χ1v) is 16.6. The molecule has 1 aromatic carbocycles. The van der Waals surface area contributed by atoms with Gasteiger partial charge in [0, 0.05) is 76.6 Å². The number of rotatable bonds is 4. The van der Waals surface area contributed by atoms with Crippen LogP contribution in [0.2, 0.25) is 20.1 Å². The maximum Gasteiger partial charge on any atom is 0.0786 e. The van der Waals surface area contributed by atoms with E-state index in [1.165, 1.54) is 0 Å². The third kappa shape index (κ3) is 25.9. The Bertz CT molecular complexity index is 787. The second-order valence-electron chi connectivity index (χ2n) is 10.7. The quantitative estimate of drug-likeness (QED) is 0.136. The number of nitrogens with zero attached hydrogens (tertiary/aromatic N) is 2. The zero-order valence-electron chi connectivity index (χ0n) is 27.2. The summed E-state index contributed by atoms with van der Waals surface area (Å²) in [6.07, 6.45) is 4.34. The Labute approximate surface area is 394 Å². The van der Waals surface area contributed by atoms with Crippen molar-refractivity contribution in [2.75, 3.05) is 105 Å². The van der Waals surface area contributed by atoms with Crippen LogP contribution in [-0.4, -0.2) is 115 Å². The maximum absolute atomic E-state index is 7.12. The van der Waals surface area contributed by atoms with Gasteiger partial charge in [0.05, 0.1) is 20.1 Å². The summed E-state index contributed by atoms with van der Waals surface area (Å²) in [5.74, 6) is 0. The average molecular weight is 1290 g/mol. The topological polar surface area (TPSA) is 78.7 Å². The average Bonchev–Trinajstić information content (AvgIpc) is 2.95. The largest absolute Gasteiger partial charge is 0.315 e. The smallest absolute Gasteiger partial charge is 0.0786 e. The third-order valence-electron chi connectivity index (χ3n) is 7.45. The van der Waals surface area contributed by atoms with Crippen molar-refractivity contribution in [3.05, 3.63) is 31.2 Å². The molecular formula is C28H58Br8Cl4N8. The molecule has 0 unspecified atom stereocenters. The van der Waals surface area contributed by atoms with Crippen LogP contribution in [0, 0.1) is 0 Å². The van der Waals surface area contributed by atoms with Gasteiger partial charge in [-0.2, -0.15) is 0 Å². The van der Waals surface area contributed by atoms with Gasteiger partial charge < -0.3 is 31.9 Å². The predicted octanol–water partition coefficient (Wildman–Crippen LogP) is 7.65. The summed E-state index contributed by atoms with van der Waals surface area (Å²) in [4.78, 5) is 4.85. The zero-order valence-corrected chi connectivity index (χ0v) is 44.0. The predicted molar refractivity (Wildman–Crippen MR) is 255 cm³/mol. The van der Waals surface area contributed by atoms with E-state index in [1.807, 2.05) is 0 Å². The second kappa shape index (κ2) is 40.6. The van der Waals surface area contributed by atoms with Crippen molar-refractivity contribution < 1.29 is 0 Å². The Morgan fingerprint density at radius 3 is 0.958 bits per heavy atom. The fraction of sp³-hybridized carbons (Fsp3) is 0.786. The van der Waals surface area contributed by atoms with Crippen molar-refractivity contribution in [3.63, 3.8) is 0 Å². The summed E-state index contributed by atoms with van der Waals surface area (Å²) in [7, 11) is 0. The molecule has 2 heterocycles. The van der Waals surface area contributed by atoms with E-state index in [0.717, 1.165) is 142 Å². The molecule has 2 aliphatic heterocycles. The van der Waals surface area contributed by atoms with E-state index in [2.05, 4.69) is 41.7 Å².